The topological polar surface area (TPSA) is 62.6 Å². The first kappa shape index (κ1) is 18.2. The van der Waals surface area contributed by atoms with E-state index >= 15 is 0 Å². The second-order valence-electron chi connectivity index (χ2n) is 6.53. The summed E-state index contributed by atoms with van der Waals surface area (Å²) >= 11 is 1.23. The van der Waals surface area contributed by atoms with E-state index in [1.54, 1.807) is 22.4 Å². The van der Waals surface area contributed by atoms with Crippen LogP contribution in [0.25, 0.3) is 10.9 Å². The molecule has 3 aromatic rings. The average molecular weight is 404 g/mol. The SMILES string of the molecule is O=C(CCn1ccc2ccccc21)N1CCN(S(=O)(=O)c2cccs2)CC1. The lowest BCUT2D eigenvalue weighted by Crippen LogP contribution is -2.50. The van der Waals surface area contributed by atoms with Gasteiger partial charge in [-0.25, -0.2) is 8.42 Å². The molecule has 1 aliphatic heterocycles. The Morgan fingerprint density at radius 1 is 1.00 bits per heavy atom. The van der Waals surface area contributed by atoms with E-state index in [0.29, 0.717) is 43.4 Å². The number of nitrogens with zero attached hydrogens (tertiary/aromatic N) is 3. The molecule has 142 valence electrons. The van der Waals surface area contributed by atoms with Crippen molar-refractivity contribution in [2.75, 3.05) is 26.2 Å². The van der Waals surface area contributed by atoms with Crippen LogP contribution in [0, 0.1) is 0 Å². The molecule has 0 unspecified atom stereocenters. The summed E-state index contributed by atoms with van der Waals surface area (Å²) in [5, 5.41) is 2.93. The lowest BCUT2D eigenvalue weighted by atomic mass is 10.2. The van der Waals surface area contributed by atoms with E-state index in [-0.39, 0.29) is 5.91 Å². The number of fused-ring (bicyclic) bond motifs is 1. The minimum atomic E-state index is -3.43. The van der Waals surface area contributed by atoms with Crippen LogP contribution < -0.4 is 0 Å². The Labute approximate surface area is 162 Å². The largest absolute Gasteiger partial charge is 0.347 e. The number of thiophene rings is 1. The fourth-order valence-corrected chi connectivity index (χ4v) is 5.99. The predicted molar refractivity (Wildman–Crippen MR) is 106 cm³/mol. The predicted octanol–water partition coefficient (Wildman–Crippen LogP) is 2.63. The third kappa shape index (κ3) is 3.65. The number of amides is 1. The number of aromatic nitrogens is 1. The van der Waals surface area contributed by atoms with Crippen LogP contribution in [0.4, 0.5) is 0 Å². The molecule has 8 heteroatoms. The molecule has 27 heavy (non-hydrogen) atoms. The molecule has 1 amide bonds. The van der Waals surface area contributed by atoms with Gasteiger partial charge in [-0.2, -0.15) is 4.31 Å². The van der Waals surface area contributed by atoms with Gasteiger partial charge in [0.25, 0.3) is 10.0 Å². The molecular formula is C19H21N3O3S2. The molecule has 0 spiro atoms. The fourth-order valence-electron chi connectivity index (χ4n) is 3.43. The zero-order chi connectivity index (χ0) is 18.9. The number of sulfonamides is 1. The van der Waals surface area contributed by atoms with Crippen molar-refractivity contribution in [1.29, 1.82) is 0 Å². The van der Waals surface area contributed by atoms with Crippen LogP contribution >= 0.6 is 11.3 Å². The highest BCUT2D eigenvalue weighted by atomic mass is 32.2. The Balaban J connectivity index is 1.34. The molecule has 6 nitrogen and oxygen atoms in total. The third-order valence-electron chi connectivity index (χ3n) is 4.93. The van der Waals surface area contributed by atoms with Crippen LogP contribution in [0.1, 0.15) is 6.42 Å². The van der Waals surface area contributed by atoms with Crippen LogP contribution in [-0.2, 0) is 21.4 Å². The van der Waals surface area contributed by atoms with Gasteiger partial charge in [0.1, 0.15) is 4.21 Å². The van der Waals surface area contributed by atoms with Crippen LogP contribution in [0.15, 0.2) is 58.3 Å². The van der Waals surface area contributed by atoms with Crippen molar-refractivity contribution < 1.29 is 13.2 Å². The number of hydrogen-bond donors (Lipinski definition) is 0. The Kier molecular flexibility index (Phi) is 5.03. The van der Waals surface area contributed by atoms with Gasteiger partial charge in [-0.15, -0.1) is 11.3 Å². The Bertz CT molecular complexity index is 1030. The first-order valence-corrected chi connectivity index (χ1v) is 11.2. The number of carbonyl (C=O) groups is 1. The van der Waals surface area contributed by atoms with E-state index in [2.05, 4.69) is 10.6 Å². The van der Waals surface area contributed by atoms with Crippen LogP contribution in [0.5, 0.6) is 0 Å². The van der Waals surface area contributed by atoms with E-state index in [1.165, 1.54) is 15.6 Å². The van der Waals surface area contributed by atoms with Gasteiger partial charge in [-0.1, -0.05) is 24.3 Å². The summed E-state index contributed by atoms with van der Waals surface area (Å²) in [5.41, 5.74) is 1.12. The molecule has 1 aliphatic rings. The Morgan fingerprint density at radius 3 is 2.52 bits per heavy atom. The highest BCUT2D eigenvalue weighted by Crippen LogP contribution is 2.22. The van der Waals surface area contributed by atoms with Crippen molar-refractivity contribution in [2.24, 2.45) is 0 Å². The molecule has 0 aliphatic carbocycles. The normalized spacial score (nSPS) is 16.1. The van der Waals surface area contributed by atoms with Crippen LogP contribution in [0.2, 0.25) is 0 Å². The lowest BCUT2D eigenvalue weighted by molar-refractivity contribution is -0.132. The molecular weight excluding hydrogens is 382 g/mol. The van der Waals surface area contributed by atoms with Gasteiger partial charge in [-0.05, 0) is 29.0 Å². The van der Waals surface area contributed by atoms with E-state index in [9.17, 15) is 13.2 Å². The van der Waals surface area contributed by atoms with Gasteiger partial charge in [0, 0.05) is 50.9 Å². The monoisotopic (exact) mass is 403 g/mol. The summed E-state index contributed by atoms with van der Waals surface area (Å²) in [6, 6.07) is 13.5. The average Bonchev–Trinajstić information content (AvgIpc) is 3.37. The Morgan fingerprint density at radius 2 is 1.78 bits per heavy atom. The van der Waals surface area contributed by atoms with Crippen molar-refractivity contribution >= 4 is 38.2 Å². The molecule has 0 saturated carbocycles. The van der Waals surface area contributed by atoms with E-state index in [4.69, 9.17) is 0 Å². The van der Waals surface area contributed by atoms with Gasteiger partial charge in [0.2, 0.25) is 5.91 Å². The highest BCUT2D eigenvalue weighted by molar-refractivity contribution is 7.91. The molecule has 2 aromatic heterocycles. The van der Waals surface area contributed by atoms with Crippen LogP contribution in [-0.4, -0.2) is 54.3 Å². The van der Waals surface area contributed by atoms with E-state index < -0.39 is 10.0 Å². The standard InChI is InChI=1S/C19H21N3O3S2/c23-18(8-10-20-9-7-16-4-1-2-5-17(16)20)21-11-13-22(14-12-21)27(24,25)19-6-3-15-26-19/h1-7,9,15H,8,10-14H2. The number of benzene rings is 1. The van der Waals surface area contributed by atoms with Crippen molar-refractivity contribution in [3.8, 4) is 0 Å². The summed E-state index contributed by atoms with van der Waals surface area (Å²) in [6.07, 6.45) is 2.42. The molecule has 0 bridgehead atoms. The van der Waals surface area contributed by atoms with Crippen molar-refractivity contribution in [1.82, 2.24) is 13.8 Å². The number of aryl methyl sites for hydroxylation is 1. The first-order valence-electron chi connectivity index (χ1n) is 8.91. The number of carbonyl (C=O) groups excluding carboxylic acids is 1. The zero-order valence-electron chi connectivity index (χ0n) is 14.8. The summed E-state index contributed by atoms with van der Waals surface area (Å²) in [5.74, 6) is 0.0703. The number of piperazine rings is 1. The molecule has 3 heterocycles. The molecule has 1 aromatic carbocycles. The molecule has 1 saturated heterocycles. The summed E-state index contributed by atoms with van der Waals surface area (Å²) in [4.78, 5) is 14.3. The highest BCUT2D eigenvalue weighted by Gasteiger charge is 2.30. The quantitative estimate of drug-likeness (QED) is 0.658. The minimum absolute atomic E-state index is 0.0703. The van der Waals surface area contributed by atoms with Crippen molar-refractivity contribution in [3.63, 3.8) is 0 Å². The molecule has 0 N–H and O–H groups in total. The number of rotatable bonds is 5. The zero-order valence-corrected chi connectivity index (χ0v) is 16.5. The minimum Gasteiger partial charge on any atom is -0.347 e. The lowest BCUT2D eigenvalue weighted by Gasteiger charge is -2.33. The number of para-hydroxylation sites is 1. The maximum Gasteiger partial charge on any atom is 0.252 e. The molecule has 0 atom stereocenters. The van der Waals surface area contributed by atoms with E-state index in [0.717, 1.165) is 10.9 Å². The van der Waals surface area contributed by atoms with Crippen LogP contribution in [0.3, 0.4) is 0 Å². The van der Waals surface area contributed by atoms with Gasteiger partial charge in [-0.3, -0.25) is 4.79 Å². The molecule has 1 fully saturated rings. The maximum atomic E-state index is 12.6. The van der Waals surface area contributed by atoms with Crippen molar-refractivity contribution in [3.05, 3.63) is 54.0 Å². The Hall–Kier alpha value is -2.16. The smallest absolute Gasteiger partial charge is 0.252 e. The third-order valence-corrected chi connectivity index (χ3v) is 8.20. The van der Waals surface area contributed by atoms with Gasteiger partial charge in [0.15, 0.2) is 0 Å². The first-order chi connectivity index (χ1) is 13.1. The summed E-state index contributed by atoms with van der Waals surface area (Å²) in [6.45, 7) is 2.20. The second kappa shape index (κ2) is 7.46. The summed E-state index contributed by atoms with van der Waals surface area (Å²) in [7, 11) is -3.43. The van der Waals surface area contributed by atoms with Gasteiger partial charge in [0.05, 0.1) is 0 Å². The number of hydrogen-bond acceptors (Lipinski definition) is 4. The van der Waals surface area contributed by atoms with E-state index in [1.807, 2.05) is 30.5 Å². The van der Waals surface area contributed by atoms with Gasteiger partial charge < -0.3 is 9.47 Å². The molecule has 4 rings (SSSR count). The maximum absolute atomic E-state index is 12.6. The fraction of sp³-hybridized carbons (Fsp3) is 0.316. The summed E-state index contributed by atoms with van der Waals surface area (Å²) < 4.78 is 29.0. The molecule has 0 radical (unpaired) electrons. The van der Waals surface area contributed by atoms with Gasteiger partial charge >= 0.3 is 0 Å². The second-order valence-corrected chi connectivity index (χ2v) is 9.65. The van der Waals surface area contributed by atoms with Crippen molar-refractivity contribution in [2.45, 2.75) is 17.2 Å².